The molecule has 0 amide bonds. The van der Waals surface area contributed by atoms with Crippen molar-refractivity contribution in [2.24, 2.45) is 0 Å². The summed E-state index contributed by atoms with van der Waals surface area (Å²) in [6.07, 6.45) is 0.610. The van der Waals surface area contributed by atoms with Gasteiger partial charge in [0.05, 0.1) is 26.0 Å². The summed E-state index contributed by atoms with van der Waals surface area (Å²) in [7, 11) is 1.66. The minimum Gasteiger partial charge on any atom is -0.497 e. The van der Waals surface area contributed by atoms with Gasteiger partial charge in [-0.15, -0.1) is 11.3 Å². The molecule has 1 atom stereocenters. The molecule has 0 aliphatic rings. The summed E-state index contributed by atoms with van der Waals surface area (Å²) < 4.78 is 21.9. The fourth-order valence-corrected chi connectivity index (χ4v) is 4.26. The average molecular weight is 470 g/mol. The standard InChI is InChI=1S/C26H31NO5S/c1-5-30-24(26(28)31-6-2)16-20-9-12-23(15-18(20)3)32-14-13-21-17-33-25(27-21)19-7-10-22(29-4)11-8-19/h7-12,15,17,24H,5-6,13-14,16H2,1-4H3. The van der Waals surface area contributed by atoms with Gasteiger partial charge in [0, 0.05) is 30.4 Å². The number of thiazole rings is 1. The van der Waals surface area contributed by atoms with Crippen LogP contribution in [0, 0.1) is 6.92 Å². The van der Waals surface area contributed by atoms with Crippen LogP contribution in [0.4, 0.5) is 0 Å². The molecule has 2 aromatic carbocycles. The smallest absolute Gasteiger partial charge is 0.335 e. The number of benzene rings is 2. The van der Waals surface area contributed by atoms with E-state index in [2.05, 4.69) is 5.38 Å². The summed E-state index contributed by atoms with van der Waals surface area (Å²) in [5.74, 6) is 1.31. The Morgan fingerprint density at radius 3 is 2.48 bits per heavy atom. The highest BCUT2D eigenvalue weighted by molar-refractivity contribution is 7.13. The van der Waals surface area contributed by atoms with Crippen molar-refractivity contribution in [1.82, 2.24) is 4.98 Å². The van der Waals surface area contributed by atoms with Gasteiger partial charge in [-0.05, 0) is 68.3 Å². The van der Waals surface area contributed by atoms with Crippen LogP contribution in [0.5, 0.6) is 11.5 Å². The maximum absolute atomic E-state index is 12.1. The number of hydrogen-bond acceptors (Lipinski definition) is 7. The van der Waals surface area contributed by atoms with E-state index in [0.29, 0.717) is 26.2 Å². The maximum atomic E-state index is 12.1. The van der Waals surface area contributed by atoms with Crippen LogP contribution >= 0.6 is 11.3 Å². The molecule has 0 spiro atoms. The van der Waals surface area contributed by atoms with E-state index in [9.17, 15) is 4.79 Å². The Kier molecular flexibility index (Phi) is 9.27. The Morgan fingerprint density at radius 2 is 1.82 bits per heavy atom. The molecule has 1 unspecified atom stereocenters. The Bertz CT molecular complexity index is 1030. The summed E-state index contributed by atoms with van der Waals surface area (Å²) in [4.78, 5) is 16.9. The van der Waals surface area contributed by atoms with Crippen LogP contribution in [0.25, 0.3) is 10.6 Å². The molecular weight excluding hydrogens is 438 g/mol. The molecule has 0 fully saturated rings. The third-order valence-corrected chi connectivity index (χ3v) is 6.09. The molecule has 6 nitrogen and oxygen atoms in total. The van der Waals surface area contributed by atoms with Crippen LogP contribution in [-0.2, 0) is 27.1 Å². The second kappa shape index (κ2) is 12.4. The van der Waals surface area contributed by atoms with Gasteiger partial charge in [0.2, 0.25) is 0 Å². The molecule has 0 aliphatic heterocycles. The van der Waals surface area contributed by atoms with Crippen molar-refractivity contribution >= 4 is 17.3 Å². The van der Waals surface area contributed by atoms with Gasteiger partial charge in [0.15, 0.2) is 6.10 Å². The van der Waals surface area contributed by atoms with Crippen molar-refractivity contribution in [1.29, 1.82) is 0 Å². The zero-order valence-electron chi connectivity index (χ0n) is 19.6. The quantitative estimate of drug-likeness (QED) is 0.337. The lowest BCUT2D eigenvalue weighted by atomic mass is 10.0. The first kappa shape index (κ1) is 24.7. The second-order valence-corrected chi connectivity index (χ2v) is 8.32. The van der Waals surface area contributed by atoms with Crippen molar-refractivity contribution in [2.45, 2.75) is 39.7 Å². The highest BCUT2D eigenvalue weighted by atomic mass is 32.1. The largest absolute Gasteiger partial charge is 0.497 e. The number of ether oxygens (including phenoxy) is 4. The van der Waals surface area contributed by atoms with Crippen molar-refractivity contribution in [3.05, 3.63) is 64.7 Å². The molecule has 0 saturated carbocycles. The molecule has 176 valence electrons. The Balaban J connectivity index is 1.54. The van der Waals surface area contributed by atoms with E-state index >= 15 is 0 Å². The first-order valence-electron chi connectivity index (χ1n) is 11.1. The van der Waals surface area contributed by atoms with Gasteiger partial charge in [-0.3, -0.25) is 0 Å². The van der Waals surface area contributed by atoms with Crippen LogP contribution in [-0.4, -0.2) is 44.0 Å². The minimum atomic E-state index is -0.593. The fourth-order valence-electron chi connectivity index (χ4n) is 3.40. The number of carbonyl (C=O) groups is 1. The zero-order valence-corrected chi connectivity index (χ0v) is 20.4. The van der Waals surface area contributed by atoms with Crippen LogP contribution in [0.2, 0.25) is 0 Å². The summed E-state index contributed by atoms with van der Waals surface area (Å²) in [6.45, 7) is 7.02. The molecule has 33 heavy (non-hydrogen) atoms. The van der Waals surface area contributed by atoms with E-state index in [1.165, 1.54) is 0 Å². The highest BCUT2D eigenvalue weighted by Gasteiger charge is 2.21. The van der Waals surface area contributed by atoms with Crippen molar-refractivity contribution < 1.29 is 23.7 Å². The molecule has 0 N–H and O–H groups in total. The van der Waals surface area contributed by atoms with E-state index in [0.717, 1.165) is 45.3 Å². The van der Waals surface area contributed by atoms with E-state index in [1.807, 2.05) is 56.3 Å². The molecule has 0 saturated heterocycles. The highest BCUT2D eigenvalue weighted by Crippen LogP contribution is 2.26. The fraction of sp³-hybridized carbons (Fsp3) is 0.385. The van der Waals surface area contributed by atoms with Gasteiger partial charge in [0.25, 0.3) is 0 Å². The molecule has 3 rings (SSSR count). The maximum Gasteiger partial charge on any atom is 0.335 e. The molecule has 0 bridgehead atoms. The van der Waals surface area contributed by atoms with E-state index in [4.69, 9.17) is 23.9 Å². The number of aromatic nitrogens is 1. The summed E-state index contributed by atoms with van der Waals surface area (Å²) in [5, 5.41) is 3.05. The number of aryl methyl sites for hydroxylation is 1. The number of methoxy groups -OCH3 is 1. The SMILES string of the molecule is CCOC(=O)C(Cc1ccc(OCCc2csc(-c3ccc(OC)cc3)n2)cc1C)OCC. The van der Waals surface area contributed by atoms with Gasteiger partial charge >= 0.3 is 5.97 Å². The summed E-state index contributed by atoms with van der Waals surface area (Å²) in [6, 6.07) is 13.8. The van der Waals surface area contributed by atoms with Gasteiger partial charge in [0.1, 0.15) is 16.5 Å². The lowest BCUT2D eigenvalue weighted by molar-refractivity contribution is -0.156. The molecule has 0 aliphatic carbocycles. The number of nitrogens with zero attached hydrogens (tertiary/aromatic N) is 1. The predicted octanol–water partition coefficient (Wildman–Crippen LogP) is 5.26. The minimum absolute atomic E-state index is 0.323. The number of hydrogen-bond donors (Lipinski definition) is 0. The van der Waals surface area contributed by atoms with Gasteiger partial charge < -0.3 is 18.9 Å². The van der Waals surface area contributed by atoms with Crippen LogP contribution in [0.1, 0.15) is 30.7 Å². The predicted molar refractivity (Wildman–Crippen MR) is 130 cm³/mol. The van der Waals surface area contributed by atoms with E-state index in [1.54, 1.807) is 25.4 Å². The number of carbonyl (C=O) groups excluding carboxylic acids is 1. The van der Waals surface area contributed by atoms with Crippen molar-refractivity contribution in [3.8, 4) is 22.1 Å². The lowest BCUT2D eigenvalue weighted by Gasteiger charge is -2.17. The van der Waals surface area contributed by atoms with E-state index < -0.39 is 6.10 Å². The number of esters is 1. The van der Waals surface area contributed by atoms with Crippen molar-refractivity contribution in [2.75, 3.05) is 26.9 Å². The third-order valence-electron chi connectivity index (χ3n) is 5.15. The Labute approximate surface area is 199 Å². The molecule has 7 heteroatoms. The van der Waals surface area contributed by atoms with E-state index in [-0.39, 0.29) is 5.97 Å². The average Bonchev–Trinajstić information content (AvgIpc) is 3.29. The van der Waals surface area contributed by atoms with Gasteiger partial charge in [-0.2, -0.15) is 0 Å². The van der Waals surface area contributed by atoms with Gasteiger partial charge in [-0.25, -0.2) is 9.78 Å². The topological polar surface area (TPSA) is 66.9 Å². The van der Waals surface area contributed by atoms with Crippen LogP contribution < -0.4 is 9.47 Å². The molecule has 1 aromatic heterocycles. The van der Waals surface area contributed by atoms with Gasteiger partial charge in [-0.1, -0.05) is 6.07 Å². The normalized spacial score (nSPS) is 11.8. The molecular formula is C26H31NO5S. The molecule has 3 aromatic rings. The Hall–Kier alpha value is -2.90. The van der Waals surface area contributed by atoms with Crippen LogP contribution in [0.3, 0.4) is 0 Å². The first-order chi connectivity index (χ1) is 16.0. The first-order valence-corrected chi connectivity index (χ1v) is 12.0. The van der Waals surface area contributed by atoms with Crippen LogP contribution in [0.15, 0.2) is 47.8 Å². The zero-order chi connectivity index (χ0) is 23.6. The number of rotatable bonds is 12. The lowest BCUT2D eigenvalue weighted by Crippen LogP contribution is -2.29. The second-order valence-electron chi connectivity index (χ2n) is 7.46. The monoisotopic (exact) mass is 469 g/mol. The Morgan fingerprint density at radius 1 is 1.06 bits per heavy atom. The third kappa shape index (κ3) is 7.04. The molecule has 1 heterocycles. The summed E-state index contributed by atoms with van der Waals surface area (Å²) in [5.41, 5.74) is 4.18. The summed E-state index contributed by atoms with van der Waals surface area (Å²) >= 11 is 1.62. The molecule has 0 radical (unpaired) electrons. The van der Waals surface area contributed by atoms with Crippen molar-refractivity contribution in [3.63, 3.8) is 0 Å².